The third-order valence-electron chi connectivity index (χ3n) is 4.61. The minimum absolute atomic E-state index is 0.293. The Kier molecular flexibility index (Phi) is 9.49. The molecule has 0 saturated carbocycles. The number of ether oxygens (including phenoxy) is 3. The van der Waals surface area contributed by atoms with Crippen molar-refractivity contribution in [2.75, 3.05) is 13.2 Å². The Hall–Kier alpha value is -2.41. The molecule has 1 aliphatic rings. The van der Waals surface area contributed by atoms with Crippen LogP contribution in [0.5, 0.6) is 11.5 Å². The highest BCUT2D eigenvalue weighted by Crippen LogP contribution is 2.41. The van der Waals surface area contributed by atoms with Crippen LogP contribution >= 0.6 is 11.6 Å². The maximum absolute atomic E-state index is 13.0. The second-order valence-corrected chi connectivity index (χ2v) is 8.00. The molecule has 1 atom stereocenters. The minimum atomic E-state index is -0.719. The van der Waals surface area contributed by atoms with Gasteiger partial charge >= 0.3 is 12.0 Å². The molecule has 8 heteroatoms. The molecule has 7 nitrogen and oxygen atoms in total. The zero-order valence-electron chi connectivity index (χ0n) is 19.0. The van der Waals surface area contributed by atoms with Crippen LogP contribution in [0.1, 0.15) is 71.9 Å². The number of hydrogen-bond donors (Lipinski definition) is 2. The number of carbonyl (C=O) groups is 2. The first kappa shape index (κ1) is 24.9. The third-order valence-corrected chi connectivity index (χ3v) is 4.89. The van der Waals surface area contributed by atoms with Crippen LogP contribution in [0.2, 0.25) is 5.02 Å². The highest BCUT2D eigenvalue weighted by Gasteiger charge is 2.35. The average molecular weight is 453 g/mol. The summed E-state index contributed by atoms with van der Waals surface area (Å²) in [5.74, 6) is 0.452. The maximum atomic E-state index is 13.0. The van der Waals surface area contributed by atoms with Crippen molar-refractivity contribution in [2.45, 2.75) is 72.4 Å². The topological polar surface area (TPSA) is 85.9 Å². The summed E-state index contributed by atoms with van der Waals surface area (Å²) in [7, 11) is 0. The number of rotatable bonds is 11. The molecule has 2 N–H and O–H groups in total. The van der Waals surface area contributed by atoms with Crippen molar-refractivity contribution in [3.63, 3.8) is 0 Å². The van der Waals surface area contributed by atoms with Gasteiger partial charge in [0.15, 0.2) is 11.5 Å². The summed E-state index contributed by atoms with van der Waals surface area (Å²) in [6, 6.07) is 2.36. The predicted molar refractivity (Wildman–Crippen MR) is 121 cm³/mol. The number of esters is 1. The zero-order chi connectivity index (χ0) is 23.0. The van der Waals surface area contributed by atoms with E-state index in [0.29, 0.717) is 53.0 Å². The predicted octanol–water partition coefficient (Wildman–Crippen LogP) is 5.28. The van der Waals surface area contributed by atoms with Gasteiger partial charge in [-0.2, -0.15) is 0 Å². The number of urea groups is 1. The van der Waals surface area contributed by atoms with E-state index in [1.807, 2.05) is 13.8 Å². The molecule has 1 aliphatic heterocycles. The van der Waals surface area contributed by atoms with Gasteiger partial charge in [-0.25, -0.2) is 9.59 Å². The first-order valence-electron chi connectivity index (χ1n) is 10.9. The Labute approximate surface area is 189 Å². The van der Waals surface area contributed by atoms with Gasteiger partial charge in [-0.05, 0) is 57.7 Å². The number of benzene rings is 1. The summed E-state index contributed by atoms with van der Waals surface area (Å²) >= 11 is 6.53. The first-order valence-corrected chi connectivity index (χ1v) is 11.3. The Morgan fingerprint density at radius 3 is 2.52 bits per heavy atom. The lowest BCUT2D eigenvalue weighted by Crippen LogP contribution is -2.46. The molecule has 2 rings (SSSR count). The van der Waals surface area contributed by atoms with Gasteiger partial charge in [0.25, 0.3) is 0 Å². The fourth-order valence-electron chi connectivity index (χ4n) is 3.30. The number of hydrogen-bond acceptors (Lipinski definition) is 5. The smallest absolute Gasteiger partial charge is 0.338 e. The maximum Gasteiger partial charge on any atom is 0.338 e. The van der Waals surface area contributed by atoms with E-state index in [0.717, 1.165) is 19.3 Å². The van der Waals surface area contributed by atoms with Gasteiger partial charge in [0.1, 0.15) is 0 Å². The van der Waals surface area contributed by atoms with E-state index in [-0.39, 0.29) is 12.1 Å². The van der Waals surface area contributed by atoms with E-state index >= 15 is 0 Å². The Morgan fingerprint density at radius 1 is 1.16 bits per heavy atom. The quantitative estimate of drug-likeness (QED) is 0.446. The summed E-state index contributed by atoms with van der Waals surface area (Å²) in [6.45, 7) is 10.4. The number of nitrogens with one attached hydrogen (secondary N) is 2. The van der Waals surface area contributed by atoms with Crippen molar-refractivity contribution in [3.05, 3.63) is 34.0 Å². The van der Waals surface area contributed by atoms with Crippen LogP contribution in [-0.4, -0.2) is 31.3 Å². The first-order chi connectivity index (χ1) is 14.8. The normalized spacial score (nSPS) is 16.1. The Morgan fingerprint density at radius 2 is 1.90 bits per heavy atom. The van der Waals surface area contributed by atoms with Gasteiger partial charge in [0.05, 0.1) is 36.0 Å². The largest absolute Gasteiger partial charge is 0.490 e. The Balaban J connectivity index is 2.57. The summed E-state index contributed by atoms with van der Waals surface area (Å²) in [6.07, 6.45) is 2.84. The van der Waals surface area contributed by atoms with Crippen molar-refractivity contribution in [2.24, 2.45) is 0 Å². The van der Waals surface area contributed by atoms with E-state index in [4.69, 9.17) is 25.8 Å². The number of amides is 2. The summed E-state index contributed by atoms with van der Waals surface area (Å²) in [4.78, 5) is 25.4. The van der Waals surface area contributed by atoms with E-state index < -0.39 is 12.0 Å². The molecule has 0 aromatic heterocycles. The summed E-state index contributed by atoms with van der Waals surface area (Å²) in [5, 5.41) is 5.98. The molecule has 0 radical (unpaired) electrons. The van der Waals surface area contributed by atoms with Crippen LogP contribution in [0.15, 0.2) is 23.4 Å². The van der Waals surface area contributed by atoms with Gasteiger partial charge in [-0.3, -0.25) is 0 Å². The van der Waals surface area contributed by atoms with Crippen LogP contribution in [-0.2, 0) is 9.53 Å². The van der Waals surface area contributed by atoms with Crippen molar-refractivity contribution < 1.29 is 23.8 Å². The standard InChI is InChI=1S/C23H33ClN2O5/c1-6-9-10-17-19(22(27)31-14(4)5)20(26-23(28)25-17)15-12-16(24)21(30-11-7-2)18(13-15)29-8-3/h12-14,20H,6-11H2,1-5H3,(H2,25,26,28). The summed E-state index contributed by atoms with van der Waals surface area (Å²) in [5.41, 5.74) is 1.57. The molecule has 0 bridgehead atoms. The van der Waals surface area contributed by atoms with E-state index in [1.165, 1.54) is 0 Å². The zero-order valence-corrected chi connectivity index (χ0v) is 19.7. The highest BCUT2D eigenvalue weighted by molar-refractivity contribution is 6.32. The molecule has 2 amide bonds. The van der Waals surface area contributed by atoms with Gasteiger partial charge < -0.3 is 24.8 Å². The molecule has 172 valence electrons. The van der Waals surface area contributed by atoms with Crippen molar-refractivity contribution in [3.8, 4) is 11.5 Å². The van der Waals surface area contributed by atoms with Gasteiger partial charge in [0.2, 0.25) is 0 Å². The lowest BCUT2D eigenvalue weighted by molar-refractivity contribution is -0.143. The second kappa shape index (κ2) is 11.8. The highest BCUT2D eigenvalue weighted by atomic mass is 35.5. The van der Waals surface area contributed by atoms with Gasteiger partial charge in [0, 0.05) is 5.70 Å². The van der Waals surface area contributed by atoms with Crippen LogP contribution in [0.3, 0.4) is 0 Å². The molecule has 1 heterocycles. The van der Waals surface area contributed by atoms with Crippen LogP contribution in [0, 0.1) is 0 Å². The monoisotopic (exact) mass is 452 g/mol. The molecule has 31 heavy (non-hydrogen) atoms. The van der Waals surface area contributed by atoms with E-state index in [2.05, 4.69) is 17.6 Å². The molecule has 0 aliphatic carbocycles. The molecular weight excluding hydrogens is 420 g/mol. The molecule has 1 aromatic rings. The Bertz CT molecular complexity index is 822. The SMILES string of the molecule is CCCCC1=C(C(=O)OC(C)C)C(c2cc(Cl)c(OCCC)c(OCC)c2)NC(=O)N1. The molecule has 0 fully saturated rings. The van der Waals surface area contributed by atoms with Crippen LogP contribution in [0.25, 0.3) is 0 Å². The van der Waals surface area contributed by atoms with E-state index in [1.54, 1.807) is 26.0 Å². The molecular formula is C23H33ClN2O5. The van der Waals surface area contributed by atoms with Crippen molar-refractivity contribution in [1.82, 2.24) is 10.6 Å². The number of unbranched alkanes of at least 4 members (excludes halogenated alkanes) is 1. The second-order valence-electron chi connectivity index (χ2n) is 7.59. The lowest BCUT2D eigenvalue weighted by Gasteiger charge is -2.30. The number of halogens is 1. The van der Waals surface area contributed by atoms with E-state index in [9.17, 15) is 9.59 Å². The van der Waals surface area contributed by atoms with Crippen LogP contribution in [0.4, 0.5) is 4.79 Å². The van der Waals surface area contributed by atoms with Gasteiger partial charge in [-0.1, -0.05) is 31.9 Å². The average Bonchev–Trinajstić information content (AvgIpc) is 2.70. The fourth-order valence-corrected chi connectivity index (χ4v) is 3.57. The molecule has 0 saturated heterocycles. The van der Waals surface area contributed by atoms with Gasteiger partial charge in [-0.15, -0.1) is 0 Å². The fraction of sp³-hybridized carbons (Fsp3) is 0.565. The summed E-state index contributed by atoms with van der Waals surface area (Å²) < 4.78 is 17.0. The number of allylic oxidation sites excluding steroid dienone is 1. The van der Waals surface area contributed by atoms with Crippen LogP contribution < -0.4 is 20.1 Å². The molecule has 1 aromatic carbocycles. The third kappa shape index (κ3) is 6.53. The lowest BCUT2D eigenvalue weighted by atomic mass is 9.93. The minimum Gasteiger partial charge on any atom is -0.490 e. The molecule has 1 unspecified atom stereocenters. The number of carbonyl (C=O) groups excluding carboxylic acids is 2. The van der Waals surface area contributed by atoms with Crippen molar-refractivity contribution >= 4 is 23.6 Å². The molecule has 0 spiro atoms. The van der Waals surface area contributed by atoms with Crippen molar-refractivity contribution in [1.29, 1.82) is 0 Å².